The van der Waals surface area contributed by atoms with Crippen LogP contribution in [0.5, 0.6) is 5.88 Å². The zero-order chi connectivity index (χ0) is 13.2. The van der Waals surface area contributed by atoms with E-state index < -0.39 is 0 Å². The molecule has 1 heterocycles. The Morgan fingerprint density at radius 3 is 2.63 bits per heavy atom. The molecule has 2 aliphatic carbocycles. The third-order valence-corrected chi connectivity index (χ3v) is 4.80. The van der Waals surface area contributed by atoms with Crippen molar-refractivity contribution in [3.8, 4) is 5.88 Å². The highest BCUT2D eigenvalue weighted by Gasteiger charge is 2.27. The molecule has 1 aromatic rings. The van der Waals surface area contributed by atoms with Gasteiger partial charge in [0.15, 0.2) is 0 Å². The first-order valence-electron chi connectivity index (χ1n) is 7.20. The van der Waals surface area contributed by atoms with E-state index in [0.717, 1.165) is 16.1 Å². The van der Waals surface area contributed by atoms with Crippen LogP contribution in [0.2, 0.25) is 0 Å². The van der Waals surface area contributed by atoms with Crippen molar-refractivity contribution in [3.63, 3.8) is 0 Å². The molecule has 0 spiro atoms. The highest BCUT2D eigenvalue weighted by molar-refractivity contribution is 9.15. The molecule has 1 aromatic heterocycles. The summed E-state index contributed by atoms with van der Waals surface area (Å²) in [6.45, 7) is 0. The van der Waals surface area contributed by atoms with Gasteiger partial charge in [0, 0.05) is 10.0 Å². The molecule has 0 bridgehead atoms. The maximum Gasteiger partial charge on any atom is 0.217 e. The van der Waals surface area contributed by atoms with Gasteiger partial charge in [-0.2, -0.15) is 0 Å². The number of allylic oxidation sites excluding steroid dienone is 1. The average Bonchev–Trinajstić information content (AvgIpc) is 3.16. The molecule has 2 fully saturated rings. The second-order valence-electron chi connectivity index (χ2n) is 5.63. The number of ether oxygens (including phenoxy) is 1. The number of nitrogens with zero attached hydrogens (tertiary/aromatic N) is 1. The zero-order valence-electron chi connectivity index (χ0n) is 11.4. The monoisotopic (exact) mass is 321 g/mol. The summed E-state index contributed by atoms with van der Waals surface area (Å²) in [7, 11) is 1.71. The Morgan fingerprint density at radius 1 is 1.26 bits per heavy atom. The standard InChI is InChI=1S/C16H20BrNO/c1-19-16-13(12-6-7-12)8-9-15(18-16)14(17)10-11-4-2-3-5-11/h8-12H,2-7H2,1H3/b14-10-. The van der Waals surface area contributed by atoms with E-state index in [4.69, 9.17) is 4.74 Å². The minimum atomic E-state index is 0.675. The van der Waals surface area contributed by atoms with Gasteiger partial charge in [-0.15, -0.1) is 0 Å². The van der Waals surface area contributed by atoms with Gasteiger partial charge in [-0.3, -0.25) is 0 Å². The van der Waals surface area contributed by atoms with Gasteiger partial charge >= 0.3 is 0 Å². The number of halogens is 1. The van der Waals surface area contributed by atoms with Crippen molar-refractivity contribution in [3.05, 3.63) is 29.5 Å². The molecule has 2 saturated carbocycles. The van der Waals surface area contributed by atoms with Crippen molar-refractivity contribution in [2.24, 2.45) is 5.92 Å². The molecule has 0 unspecified atom stereocenters. The van der Waals surface area contributed by atoms with Crippen LogP contribution < -0.4 is 4.74 Å². The third kappa shape index (κ3) is 3.02. The largest absolute Gasteiger partial charge is 0.481 e. The van der Waals surface area contributed by atoms with Crippen molar-refractivity contribution >= 4 is 20.4 Å². The summed E-state index contributed by atoms with van der Waals surface area (Å²) in [6.07, 6.45) is 10.2. The number of pyridine rings is 1. The highest BCUT2D eigenvalue weighted by Crippen LogP contribution is 2.44. The fourth-order valence-electron chi connectivity index (χ4n) is 2.87. The lowest BCUT2D eigenvalue weighted by Gasteiger charge is -2.09. The van der Waals surface area contributed by atoms with Crippen molar-refractivity contribution in [1.29, 1.82) is 0 Å². The van der Waals surface area contributed by atoms with Gasteiger partial charge in [0.1, 0.15) is 0 Å². The lowest BCUT2D eigenvalue weighted by atomic mass is 10.1. The molecule has 0 saturated heterocycles. The fraction of sp³-hybridized carbons (Fsp3) is 0.562. The molecule has 19 heavy (non-hydrogen) atoms. The van der Waals surface area contributed by atoms with Gasteiger partial charge < -0.3 is 4.74 Å². The van der Waals surface area contributed by atoms with Crippen molar-refractivity contribution in [1.82, 2.24) is 4.98 Å². The highest BCUT2D eigenvalue weighted by atomic mass is 79.9. The second kappa shape index (κ2) is 5.66. The maximum absolute atomic E-state index is 5.45. The fourth-order valence-corrected chi connectivity index (χ4v) is 3.46. The van der Waals surface area contributed by atoms with Crippen LogP contribution in [0.4, 0.5) is 0 Å². The Hall–Kier alpha value is -0.830. The molecule has 3 heteroatoms. The molecule has 0 aromatic carbocycles. The van der Waals surface area contributed by atoms with Gasteiger partial charge in [0.2, 0.25) is 5.88 Å². The smallest absolute Gasteiger partial charge is 0.217 e. The molecule has 0 aliphatic heterocycles. The minimum absolute atomic E-state index is 0.675. The molecular formula is C16H20BrNO. The molecular weight excluding hydrogens is 302 g/mol. The SMILES string of the molecule is COc1nc(/C(Br)=C/C2CCCC2)ccc1C1CC1. The molecule has 0 atom stereocenters. The molecule has 2 aliphatic rings. The Kier molecular flexibility index (Phi) is 3.92. The van der Waals surface area contributed by atoms with E-state index in [0.29, 0.717) is 11.8 Å². The summed E-state index contributed by atoms with van der Waals surface area (Å²) >= 11 is 3.68. The van der Waals surface area contributed by atoms with Crippen LogP contribution in [0.25, 0.3) is 4.48 Å². The van der Waals surface area contributed by atoms with Gasteiger partial charge in [0.05, 0.1) is 12.8 Å². The van der Waals surface area contributed by atoms with Crippen LogP contribution in [0.3, 0.4) is 0 Å². The Labute approximate surface area is 123 Å². The van der Waals surface area contributed by atoms with Crippen molar-refractivity contribution in [2.45, 2.75) is 44.4 Å². The first-order valence-corrected chi connectivity index (χ1v) is 8.00. The summed E-state index contributed by atoms with van der Waals surface area (Å²) < 4.78 is 6.56. The molecule has 0 N–H and O–H groups in total. The van der Waals surface area contributed by atoms with E-state index in [2.05, 4.69) is 39.1 Å². The van der Waals surface area contributed by atoms with Crippen LogP contribution in [-0.2, 0) is 0 Å². The van der Waals surface area contributed by atoms with Crippen molar-refractivity contribution < 1.29 is 4.74 Å². The number of hydrogen-bond acceptors (Lipinski definition) is 2. The van der Waals surface area contributed by atoms with Crippen LogP contribution in [-0.4, -0.2) is 12.1 Å². The zero-order valence-corrected chi connectivity index (χ0v) is 12.9. The molecule has 102 valence electrons. The summed E-state index contributed by atoms with van der Waals surface area (Å²) in [5, 5.41) is 0. The average molecular weight is 322 g/mol. The van der Waals surface area contributed by atoms with E-state index in [-0.39, 0.29) is 0 Å². The maximum atomic E-state index is 5.45. The molecule has 0 radical (unpaired) electrons. The van der Waals surface area contributed by atoms with E-state index in [1.807, 2.05) is 0 Å². The summed E-state index contributed by atoms with van der Waals surface area (Å²) in [5.74, 6) is 2.19. The minimum Gasteiger partial charge on any atom is -0.481 e. The quantitative estimate of drug-likeness (QED) is 0.787. The number of hydrogen-bond donors (Lipinski definition) is 0. The Balaban J connectivity index is 1.83. The Bertz CT molecular complexity index is 488. The van der Waals surface area contributed by atoms with Gasteiger partial charge in [-0.25, -0.2) is 4.98 Å². The lowest BCUT2D eigenvalue weighted by Crippen LogP contribution is -1.97. The summed E-state index contributed by atoms with van der Waals surface area (Å²) in [6, 6.07) is 4.30. The van der Waals surface area contributed by atoms with Gasteiger partial charge in [0.25, 0.3) is 0 Å². The van der Waals surface area contributed by atoms with Crippen molar-refractivity contribution in [2.75, 3.05) is 7.11 Å². The third-order valence-electron chi connectivity index (χ3n) is 4.13. The number of methoxy groups -OCH3 is 1. The lowest BCUT2D eigenvalue weighted by molar-refractivity contribution is 0.392. The number of aromatic nitrogens is 1. The topological polar surface area (TPSA) is 22.1 Å². The van der Waals surface area contributed by atoms with Crippen LogP contribution in [0.1, 0.15) is 55.7 Å². The van der Waals surface area contributed by atoms with Crippen LogP contribution in [0, 0.1) is 5.92 Å². The van der Waals surface area contributed by atoms with Crippen LogP contribution in [0.15, 0.2) is 18.2 Å². The summed E-state index contributed by atoms with van der Waals surface area (Å²) in [4.78, 5) is 4.66. The van der Waals surface area contributed by atoms with E-state index in [1.54, 1.807) is 7.11 Å². The van der Waals surface area contributed by atoms with E-state index >= 15 is 0 Å². The Morgan fingerprint density at radius 2 is 2.00 bits per heavy atom. The predicted molar refractivity (Wildman–Crippen MR) is 81.6 cm³/mol. The number of rotatable bonds is 4. The first-order chi connectivity index (χ1) is 9.28. The predicted octanol–water partition coefficient (Wildman–Crippen LogP) is 4.89. The first kappa shape index (κ1) is 13.2. The van der Waals surface area contributed by atoms with Gasteiger partial charge in [-0.1, -0.05) is 25.0 Å². The molecule has 0 amide bonds. The van der Waals surface area contributed by atoms with Crippen LogP contribution >= 0.6 is 15.9 Å². The normalized spacial score (nSPS) is 20.8. The molecule has 3 rings (SSSR count). The van der Waals surface area contributed by atoms with E-state index in [1.165, 1.54) is 44.1 Å². The second-order valence-corrected chi connectivity index (χ2v) is 6.48. The summed E-state index contributed by atoms with van der Waals surface area (Å²) in [5.41, 5.74) is 2.26. The van der Waals surface area contributed by atoms with Gasteiger partial charge in [-0.05, 0) is 59.5 Å². The molecule has 2 nitrogen and oxygen atoms in total. The van der Waals surface area contributed by atoms with E-state index in [9.17, 15) is 0 Å².